The summed E-state index contributed by atoms with van der Waals surface area (Å²) in [6, 6.07) is 57.6. The van der Waals surface area contributed by atoms with Crippen LogP contribution in [0.4, 0.5) is 0 Å². The highest BCUT2D eigenvalue weighted by Crippen LogP contribution is 2.38. The fourth-order valence-corrected chi connectivity index (χ4v) is 8.94. The number of nitrogens with zero attached hydrogens (tertiary/aromatic N) is 4. The molecule has 0 N–H and O–H groups in total. The normalized spacial score (nSPS) is 11.5. The van der Waals surface area contributed by atoms with Crippen LogP contribution in [0.15, 0.2) is 158 Å². The fourth-order valence-electron chi connectivity index (χ4n) is 6.99. The standard InChI is InChI=1S/C45H26N4S2/c46-27-28-13-22-37-36-7-1-4-10-40(36)49(41(37)23-28)35-25-33(29-14-18-31(19-15-29)44-47-38-8-2-5-11-42(38)50-44)24-34(26-35)30-16-20-32(21-17-30)45-48-39-9-3-6-12-43(39)51-45/h1-26H. The van der Waals surface area contributed by atoms with Crippen LogP contribution >= 0.6 is 22.7 Å². The minimum Gasteiger partial charge on any atom is -0.309 e. The average molecular weight is 687 g/mol. The van der Waals surface area contributed by atoms with Gasteiger partial charge in [0.2, 0.25) is 0 Å². The van der Waals surface area contributed by atoms with Gasteiger partial charge in [0.05, 0.1) is 43.1 Å². The van der Waals surface area contributed by atoms with Crippen molar-refractivity contribution in [3.05, 3.63) is 163 Å². The Labute approximate surface area is 301 Å². The maximum atomic E-state index is 9.84. The molecule has 0 atom stereocenters. The number of rotatable bonds is 5. The van der Waals surface area contributed by atoms with Crippen LogP contribution in [0.5, 0.6) is 0 Å². The van der Waals surface area contributed by atoms with Crippen molar-refractivity contribution < 1.29 is 0 Å². The van der Waals surface area contributed by atoms with Gasteiger partial charge in [-0.2, -0.15) is 5.26 Å². The summed E-state index contributed by atoms with van der Waals surface area (Å²) in [5, 5.41) is 14.2. The van der Waals surface area contributed by atoms with Crippen molar-refractivity contribution in [2.75, 3.05) is 0 Å². The van der Waals surface area contributed by atoms with Gasteiger partial charge in [-0.15, -0.1) is 22.7 Å². The predicted octanol–water partition coefficient (Wildman–Crippen LogP) is 12.5. The van der Waals surface area contributed by atoms with Crippen molar-refractivity contribution >= 4 is 64.9 Å². The summed E-state index contributed by atoms with van der Waals surface area (Å²) in [4.78, 5) is 9.78. The molecule has 10 aromatic rings. The van der Waals surface area contributed by atoms with Crippen LogP contribution in [0.3, 0.4) is 0 Å². The van der Waals surface area contributed by atoms with Crippen LogP contribution in [0.25, 0.3) is 91.3 Å². The summed E-state index contributed by atoms with van der Waals surface area (Å²) in [5.74, 6) is 0. The Kier molecular flexibility index (Phi) is 6.88. The first-order valence-electron chi connectivity index (χ1n) is 16.7. The monoisotopic (exact) mass is 686 g/mol. The topological polar surface area (TPSA) is 54.5 Å². The van der Waals surface area contributed by atoms with Crippen LogP contribution < -0.4 is 0 Å². The minimum absolute atomic E-state index is 0.638. The first kappa shape index (κ1) is 29.5. The molecule has 0 aliphatic rings. The lowest BCUT2D eigenvalue weighted by Crippen LogP contribution is -1.96. The number of hydrogen-bond acceptors (Lipinski definition) is 5. The molecule has 6 heteroatoms. The van der Waals surface area contributed by atoms with Gasteiger partial charge in [-0.25, -0.2) is 9.97 Å². The van der Waals surface area contributed by atoms with Gasteiger partial charge in [0.15, 0.2) is 0 Å². The predicted molar refractivity (Wildman–Crippen MR) is 214 cm³/mol. The molecule has 0 saturated heterocycles. The van der Waals surface area contributed by atoms with Gasteiger partial charge >= 0.3 is 0 Å². The van der Waals surface area contributed by atoms with Gasteiger partial charge in [-0.3, -0.25) is 0 Å². The summed E-state index contributed by atoms with van der Waals surface area (Å²) in [7, 11) is 0. The van der Waals surface area contributed by atoms with E-state index in [0.717, 1.165) is 81.9 Å². The van der Waals surface area contributed by atoms with Gasteiger partial charge in [0, 0.05) is 27.6 Å². The molecular weight excluding hydrogens is 661 g/mol. The zero-order valence-corrected chi connectivity index (χ0v) is 28.7. The highest BCUT2D eigenvalue weighted by molar-refractivity contribution is 7.22. The number of thiazole rings is 2. The van der Waals surface area contributed by atoms with Crippen molar-refractivity contribution in [1.29, 1.82) is 5.26 Å². The molecule has 0 aliphatic heterocycles. The maximum absolute atomic E-state index is 9.84. The van der Waals surface area contributed by atoms with E-state index in [-0.39, 0.29) is 0 Å². The third-order valence-corrected chi connectivity index (χ3v) is 11.7. The molecule has 7 aromatic carbocycles. The fraction of sp³-hybridized carbons (Fsp3) is 0. The summed E-state index contributed by atoms with van der Waals surface area (Å²) in [5.41, 5.74) is 12.5. The second-order valence-corrected chi connectivity index (χ2v) is 14.7. The number of para-hydroxylation sites is 3. The van der Waals surface area contributed by atoms with Crippen LogP contribution in [0.2, 0.25) is 0 Å². The minimum atomic E-state index is 0.638. The molecule has 10 rings (SSSR count). The smallest absolute Gasteiger partial charge is 0.124 e. The van der Waals surface area contributed by atoms with Crippen molar-refractivity contribution in [3.8, 4) is 55.2 Å². The van der Waals surface area contributed by atoms with E-state index in [4.69, 9.17) is 9.97 Å². The Balaban J connectivity index is 1.13. The summed E-state index contributed by atoms with van der Waals surface area (Å²) in [6.45, 7) is 0. The second kappa shape index (κ2) is 11.9. The van der Waals surface area contributed by atoms with Crippen LogP contribution in [0.1, 0.15) is 5.56 Å². The molecular formula is C45H26N4S2. The molecule has 238 valence electrons. The summed E-state index contributed by atoms with van der Waals surface area (Å²) in [6.07, 6.45) is 0. The quantitative estimate of drug-likeness (QED) is 0.181. The largest absolute Gasteiger partial charge is 0.309 e. The number of hydrogen-bond donors (Lipinski definition) is 0. The lowest BCUT2D eigenvalue weighted by atomic mass is 9.96. The van der Waals surface area contributed by atoms with E-state index in [1.807, 2.05) is 24.3 Å². The molecule has 51 heavy (non-hydrogen) atoms. The highest BCUT2D eigenvalue weighted by atomic mass is 32.1. The molecule has 4 nitrogen and oxygen atoms in total. The molecule has 0 aliphatic carbocycles. The lowest BCUT2D eigenvalue weighted by molar-refractivity contribution is 1.18. The zero-order valence-electron chi connectivity index (χ0n) is 27.1. The van der Waals surface area contributed by atoms with Gasteiger partial charge in [0.1, 0.15) is 10.0 Å². The van der Waals surface area contributed by atoms with E-state index < -0.39 is 0 Å². The highest BCUT2D eigenvalue weighted by Gasteiger charge is 2.16. The molecule has 0 fully saturated rings. The Hall–Kier alpha value is -6.39. The summed E-state index contributed by atoms with van der Waals surface area (Å²) < 4.78 is 4.67. The van der Waals surface area contributed by atoms with Crippen LogP contribution in [0, 0.1) is 11.3 Å². The van der Waals surface area contributed by atoms with Gasteiger partial charge in [-0.05, 0) is 82.9 Å². The van der Waals surface area contributed by atoms with E-state index in [1.165, 1.54) is 9.40 Å². The first-order valence-corrected chi connectivity index (χ1v) is 18.3. The molecule has 0 bridgehead atoms. The number of nitriles is 1. The van der Waals surface area contributed by atoms with E-state index in [9.17, 15) is 5.26 Å². The zero-order chi connectivity index (χ0) is 33.9. The molecule has 0 unspecified atom stereocenters. The first-order chi connectivity index (χ1) is 25.2. The second-order valence-electron chi connectivity index (χ2n) is 12.6. The van der Waals surface area contributed by atoms with E-state index in [1.54, 1.807) is 22.7 Å². The van der Waals surface area contributed by atoms with E-state index in [0.29, 0.717) is 5.56 Å². The van der Waals surface area contributed by atoms with Crippen LogP contribution in [-0.4, -0.2) is 14.5 Å². The molecule has 3 aromatic heterocycles. The molecule has 0 saturated carbocycles. The Bertz CT molecular complexity index is 2770. The van der Waals surface area contributed by atoms with E-state index >= 15 is 0 Å². The molecule has 0 amide bonds. The Morgan fingerprint density at radius 2 is 0.961 bits per heavy atom. The Morgan fingerprint density at radius 3 is 1.53 bits per heavy atom. The molecule has 0 spiro atoms. The molecule has 0 radical (unpaired) electrons. The van der Waals surface area contributed by atoms with Crippen molar-refractivity contribution in [2.45, 2.75) is 0 Å². The summed E-state index contributed by atoms with van der Waals surface area (Å²) >= 11 is 3.43. The van der Waals surface area contributed by atoms with Crippen LogP contribution in [-0.2, 0) is 0 Å². The SMILES string of the molecule is N#Cc1ccc2c3ccccc3n(-c3cc(-c4ccc(-c5nc6ccccc6s5)cc4)cc(-c4ccc(-c5nc6ccccc6s5)cc4)c3)c2c1. The average Bonchev–Trinajstić information content (AvgIpc) is 3.92. The van der Waals surface area contributed by atoms with Gasteiger partial charge < -0.3 is 4.57 Å². The van der Waals surface area contributed by atoms with Crippen molar-refractivity contribution in [3.63, 3.8) is 0 Å². The van der Waals surface area contributed by atoms with Gasteiger partial charge in [-0.1, -0.05) is 97.1 Å². The van der Waals surface area contributed by atoms with E-state index in [2.05, 4.69) is 144 Å². The molecule has 3 heterocycles. The number of fused-ring (bicyclic) bond motifs is 5. The number of aromatic nitrogens is 3. The third kappa shape index (κ3) is 5.11. The van der Waals surface area contributed by atoms with Crippen molar-refractivity contribution in [2.24, 2.45) is 0 Å². The Morgan fingerprint density at radius 1 is 0.451 bits per heavy atom. The lowest BCUT2D eigenvalue weighted by Gasteiger charge is -2.14. The van der Waals surface area contributed by atoms with Crippen molar-refractivity contribution in [1.82, 2.24) is 14.5 Å². The van der Waals surface area contributed by atoms with Gasteiger partial charge in [0.25, 0.3) is 0 Å². The third-order valence-electron chi connectivity index (χ3n) is 9.50. The number of benzene rings is 7. The maximum Gasteiger partial charge on any atom is 0.124 e.